The highest BCUT2D eigenvalue weighted by Crippen LogP contribution is 2.24. The average molecular weight is 370 g/mol. The van der Waals surface area contributed by atoms with Gasteiger partial charge in [0.15, 0.2) is 5.65 Å². The number of aryl methyl sites for hydroxylation is 1. The first-order chi connectivity index (χ1) is 13.0. The summed E-state index contributed by atoms with van der Waals surface area (Å²) in [6.07, 6.45) is -0.369. The normalized spacial score (nSPS) is 12.0. The summed E-state index contributed by atoms with van der Waals surface area (Å²) in [5.41, 5.74) is 2.33. The lowest BCUT2D eigenvalue weighted by Gasteiger charge is -2.10. The monoisotopic (exact) mass is 370 g/mol. The zero-order chi connectivity index (χ0) is 19.4. The Hall–Kier alpha value is -3.29. The van der Waals surface area contributed by atoms with Gasteiger partial charge in [0.05, 0.1) is 36.5 Å². The Morgan fingerprint density at radius 2 is 2.04 bits per heavy atom. The molecule has 2 aromatic heterocycles. The molecule has 27 heavy (non-hydrogen) atoms. The number of carbonyl (C=O) groups excluding carboxylic acids is 2. The molecule has 1 N–H and O–H groups in total. The van der Waals surface area contributed by atoms with Crippen molar-refractivity contribution < 1.29 is 18.7 Å². The van der Waals surface area contributed by atoms with E-state index in [-0.39, 0.29) is 0 Å². The molecule has 1 atom stereocenters. The van der Waals surface area contributed by atoms with Crippen LogP contribution in [0.25, 0.3) is 22.3 Å². The van der Waals surface area contributed by atoms with Gasteiger partial charge in [-0.25, -0.2) is 18.9 Å². The number of rotatable bonds is 6. The smallest absolute Gasteiger partial charge is 0.342 e. The SMILES string of the molecule is CCn1ncc2c(C(=O)NCC(F)C(=O)OC)cc(-c3ccccc3)nc21. The van der Waals surface area contributed by atoms with E-state index in [1.165, 1.54) is 0 Å². The predicted octanol–water partition coefficient (Wildman–Crippen LogP) is 2.36. The van der Waals surface area contributed by atoms with Crippen molar-refractivity contribution in [1.82, 2.24) is 20.1 Å². The molecule has 3 rings (SSSR count). The molecule has 140 valence electrons. The molecule has 0 aliphatic rings. The molecule has 0 radical (unpaired) electrons. The van der Waals surface area contributed by atoms with Crippen LogP contribution in [0.15, 0.2) is 42.6 Å². The fourth-order valence-corrected chi connectivity index (χ4v) is 2.71. The van der Waals surface area contributed by atoms with Gasteiger partial charge in [0.2, 0.25) is 6.17 Å². The van der Waals surface area contributed by atoms with Crippen LogP contribution >= 0.6 is 0 Å². The van der Waals surface area contributed by atoms with Gasteiger partial charge in [0.25, 0.3) is 5.91 Å². The summed E-state index contributed by atoms with van der Waals surface area (Å²) in [4.78, 5) is 28.5. The van der Waals surface area contributed by atoms with Crippen LogP contribution in [-0.4, -0.2) is 46.5 Å². The minimum absolute atomic E-state index is 0.315. The third kappa shape index (κ3) is 3.79. The van der Waals surface area contributed by atoms with Crippen LogP contribution in [0.2, 0.25) is 0 Å². The van der Waals surface area contributed by atoms with Gasteiger partial charge in [-0.3, -0.25) is 4.79 Å². The molecule has 0 bridgehead atoms. The molecule has 0 aliphatic carbocycles. The number of amides is 1. The Morgan fingerprint density at radius 3 is 2.70 bits per heavy atom. The Balaban J connectivity index is 1.99. The molecule has 1 amide bonds. The maximum atomic E-state index is 13.7. The van der Waals surface area contributed by atoms with Crippen LogP contribution in [0.4, 0.5) is 4.39 Å². The van der Waals surface area contributed by atoms with Crippen LogP contribution in [-0.2, 0) is 16.1 Å². The number of hydrogen-bond acceptors (Lipinski definition) is 5. The number of nitrogens with one attached hydrogen (secondary N) is 1. The minimum Gasteiger partial charge on any atom is -0.467 e. The maximum Gasteiger partial charge on any atom is 0.342 e. The number of benzene rings is 1. The van der Waals surface area contributed by atoms with Crippen molar-refractivity contribution >= 4 is 22.9 Å². The summed E-state index contributed by atoms with van der Waals surface area (Å²) >= 11 is 0. The van der Waals surface area contributed by atoms with Gasteiger partial charge >= 0.3 is 5.97 Å². The number of halogens is 1. The second kappa shape index (κ2) is 7.94. The van der Waals surface area contributed by atoms with Crippen LogP contribution in [0.3, 0.4) is 0 Å². The third-order valence-corrected chi connectivity index (χ3v) is 4.12. The zero-order valence-electron chi connectivity index (χ0n) is 15.0. The van der Waals surface area contributed by atoms with E-state index >= 15 is 0 Å². The molecule has 2 heterocycles. The van der Waals surface area contributed by atoms with Crippen LogP contribution in [0.1, 0.15) is 17.3 Å². The Kier molecular flexibility index (Phi) is 5.44. The molecule has 0 aliphatic heterocycles. The van der Waals surface area contributed by atoms with Gasteiger partial charge in [0.1, 0.15) is 0 Å². The van der Waals surface area contributed by atoms with E-state index in [0.717, 1.165) is 12.7 Å². The lowest BCUT2D eigenvalue weighted by Crippen LogP contribution is -2.34. The van der Waals surface area contributed by atoms with Gasteiger partial charge < -0.3 is 10.1 Å². The molecule has 1 unspecified atom stereocenters. The number of pyridine rings is 1. The predicted molar refractivity (Wildman–Crippen MR) is 97.9 cm³/mol. The molecule has 0 saturated carbocycles. The fourth-order valence-electron chi connectivity index (χ4n) is 2.71. The average Bonchev–Trinajstić information content (AvgIpc) is 3.14. The highest BCUT2D eigenvalue weighted by Gasteiger charge is 2.21. The number of alkyl halides is 1. The molecule has 1 aromatic carbocycles. The van der Waals surface area contributed by atoms with Crippen LogP contribution in [0.5, 0.6) is 0 Å². The van der Waals surface area contributed by atoms with E-state index in [1.807, 2.05) is 37.3 Å². The third-order valence-electron chi connectivity index (χ3n) is 4.12. The van der Waals surface area contributed by atoms with E-state index in [1.54, 1.807) is 16.9 Å². The van der Waals surface area contributed by atoms with Gasteiger partial charge in [-0.1, -0.05) is 30.3 Å². The topological polar surface area (TPSA) is 86.1 Å². The number of esters is 1. The Bertz CT molecular complexity index is 972. The highest BCUT2D eigenvalue weighted by molar-refractivity contribution is 6.06. The summed E-state index contributed by atoms with van der Waals surface area (Å²) < 4.78 is 19.7. The highest BCUT2D eigenvalue weighted by atomic mass is 19.1. The Labute approximate surface area is 155 Å². The summed E-state index contributed by atoms with van der Waals surface area (Å²) in [6, 6.07) is 11.1. The molecule has 3 aromatic rings. The van der Waals surface area contributed by atoms with E-state index in [0.29, 0.717) is 28.8 Å². The molecule has 0 spiro atoms. The van der Waals surface area contributed by atoms with Crippen molar-refractivity contribution in [3.8, 4) is 11.3 Å². The standard InChI is InChI=1S/C19H19FN4O3/c1-3-24-17-14(10-22-24)13(18(25)21-11-15(20)19(26)27-2)9-16(23-17)12-7-5-4-6-8-12/h4-10,15H,3,11H2,1-2H3,(H,21,25). The van der Waals surface area contributed by atoms with Gasteiger partial charge in [-0.2, -0.15) is 5.10 Å². The van der Waals surface area contributed by atoms with Gasteiger partial charge in [0, 0.05) is 12.1 Å². The van der Waals surface area contributed by atoms with Crippen molar-refractivity contribution in [2.75, 3.05) is 13.7 Å². The van der Waals surface area contributed by atoms with E-state index < -0.39 is 24.6 Å². The summed E-state index contributed by atoms with van der Waals surface area (Å²) in [5, 5.41) is 7.24. The van der Waals surface area contributed by atoms with Crippen LogP contribution < -0.4 is 5.32 Å². The molecule has 0 fully saturated rings. The van der Waals surface area contributed by atoms with Crippen molar-refractivity contribution in [2.24, 2.45) is 0 Å². The fraction of sp³-hybridized carbons (Fsp3) is 0.263. The summed E-state index contributed by atoms with van der Waals surface area (Å²) in [6.45, 7) is 2.04. The number of fused-ring (bicyclic) bond motifs is 1. The van der Waals surface area contributed by atoms with Crippen molar-refractivity contribution in [1.29, 1.82) is 0 Å². The number of aromatic nitrogens is 3. The first-order valence-corrected chi connectivity index (χ1v) is 8.47. The second-order valence-electron chi connectivity index (χ2n) is 5.82. The summed E-state index contributed by atoms with van der Waals surface area (Å²) in [7, 11) is 1.09. The number of methoxy groups -OCH3 is 1. The number of ether oxygens (including phenoxy) is 1. The number of nitrogens with zero attached hydrogens (tertiary/aromatic N) is 3. The largest absolute Gasteiger partial charge is 0.467 e. The van der Waals surface area contributed by atoms with Crippen molar-refractivity contribution in [3.05, 3.63) is 48.2 Å². The first-order valence-electron chi connectivity index (χ1n) is 8.47. The molecule has 0 saturated heterocycles. The van der Waals surface area contributed by atoms with E-state index in [2.05, 4.69) is 20.1 Å². The molecular formula is C19H19FN4O3. The summed E-state index contributed by atoms with van der Waals surface area (Å²) in [5.74, 6) is -1.54. The van der Waals surface area contributed by atoms with Crippen molar-refractivity contribution in [2.45, 2.75) is 19.6 Å². The Morgan fingerprint density at radius 1 is 1.30 bits per heavy atom. The number of hydrogen-bond donors (Lipinski definition) is 1. The van der Waals surface area contributed by atoms with E-state index in [4.69, 9.17) is 0 Å². The molecule has 8 heteroatoms. The lowest BCUT2D eigenvalue weighted by molar-refractivity contribution is -0.146. The van der Waals surface area contributed by atoms with Crippen molar-refractivity contribution in [3.63, 3.8) is 0 Å². The van der Waals surface area contributed by atoms with Crippen LogP contribution in [0, 0.1) is 0 Å². The van der Waals surface area contributed by atoms with E-state index in [9.17, 15) is 14.0 Å². The quantitative estimate of drug-likeness (QED) is 0.673. The lowest BCUT2D eigenvalue weighted by atomic mass is 10.1. The van der Waals surface area contributed by atoms with Gasteiger partial charge in [-0.15, -0.1) is 0 Å². The van der Waals surface area contributed by atoms with Gasteiger partial charge in [-0.05, 0) is 13.0 Å². The minimum atomic E-state index is -1.93. The first kappa shape index (κ1) is 18.5. The zero-order valence-corrected chi connectivity index (χ0v) is 15.0. The molecule has 7 nitrogen and oxygen atoms in total. The molecular weight excluding hydrogens is 351 g/mol. The second-order valence-corrected chi connectivity index (χ2v) is 5.82. The number of carbonyl (C=O) groups is 2. The maximum absolute atomic E-state index is 13.7.